The van der Waals surface area contributed by atoms with Crippen molar-refractivity contribution in [1.82, 2.24) is 4.90 Å². The van der Waals surface area contributed by atoms with E-state index >= 15 is 0 Å². The average molecular weight is 335 g/mol. The van der Waals surface area contributed by atoms with Gasteiger partial charge in [0.05, 0.1) is 19.6 Å². The molecular formula is C17H21NO6. The Morgan fingerprint density at radius 1 is 1.12 bits per heavy atom. The zero-order chi connectivity index (χ0) is 17.0. The van der Waals surface area contributed by atoms with Crippen molar-refractivity contribution in [3.8, 4) is 0 Å². The van der Waals surface area contributed by atoms with Crippen molar-refractivity contribution in [2.24, 2.45) is 35.5 Å². The maximum atomic E-state index is 13.0. The van der Waals surface area contributed by atoms with Crippen molar-refractivity contribution in [3.05, 3.63) is 0 Å². The Morgan fingerprint density at radius 3 is 2.46 bits per heavy atom. The zero-order valence-electron chi connectivity index (χ0n) is 13.6. The quantitative estimate of drug-likeness (QED) is 0.700. The number of nitrogens with zero attached hydrogens (tertiary/aromatic N) is 1. The van der Waals surface area contributed by atoms with Gasteiger partial charge in [-0.15, -0.1) is 0 Å². The van der Waals surface area contributed by atoms with Crippen LogP contribution in [0.15, 0.2) is 0 Å². The lowest BCUT2D eigenvalue weighted by molar-refractivity contribution is -0.178. The summed E-state index contributed by atoms with van der Waals surface area (Å²) >= 11 is 0. The summed E-state index contributed by atoms with van der Waals surface area (Å²) in [5, 5.41) is 0. The zero-order valence-corrected chi connectivity index (χ0v) is 13.6. The van der Waals surface area contributed by atoms with E-state index in [0.717, 1.165) is 24.2 Å². The van der Waals surface area contributed by atoms with Crippen LogP contribution < -0.4 is 0 Å². The summed E-state index contributed by atoms with van der Waals surface area (Å²) in [5.74, 6) is -1.99. The molecule has 0 aromatic rings. The largest absolute Gasteiger partial charge is 0.469 e. The molecule has 24 heavy (non-hydrogen) atoms. The van der Waals surface area contributed by atoms with E-state index in [2.05, 4.69) is 0 Å². The van der Waals surface area contributed by atoms with Crippen LogP contribution in [0.5, 0.6) is 0 Å². The first-order valence-electron chi connectivity index (χ1n) is 8.63. The minimum absolute atomic E-state index is 0.0166. The van der Waals surface area contributed by atoms with Gasteiger partial charge in [-0.2, -0.15) is 0 Å². The van der Waals surface area contributed by atoms with Crippen LogP contribution in [0.1, 0.15) is 25.7 Å². The second-order valence-electron chi connectivity index (χ2n) is 7.30. The van der Waals surface area contributed by atoms with E-state index in [0.29, 0.717) is 0 Å². The van der Waals surface area contributed by atoms with Gasteiger partial charge in [0.25, 0.3) is 0 Å². The van der Waals surface area contributed by atoms with Crippen LogP contribution in [0, 0.1) is 35.5 Å². The van der Waals surface area contributed by atoms with Crippen molar-refractivity contribution in [2.45, 2.75) is 25.7 Å². The standard InChI is InChI=1S/C17H21NO6/c1-23-16(21)14-9-4-2-3-8-12(9)11(19)7-10(14)13(8)15(20)18-5-6-24-17(18)22/h8-10,12-14H,2-7H2,1H3. The molecular weight excluding hydrogens is 314 g/mol. The molecule has 1 saturated heterocycles. The molecule has 5 fully saturated rings. The van der Waals surface area contributed by atoms with Crippen molar-refractivity contribution in [3.63, 3.8) is 0 Å². The van der Waals surface area contributed by atoms with E-state index in [1.165, 1.54) is 7.11 Å². The summed E-state index contributed by atoms with van der Waals surface area (Å²) in [5.41, 5.74) is 0. The molecule has 0 N–H and O–H groups in total. The Bertz CT molecular complexity index is 616. The predicted octanol–water partition coefficient (Wildman–Crippen LogP) is 1.01. The molecule has 0 spiro atoms. The van der Waals surface area contributed by atoms with Crippen LogP contribution in [0.3, 0.4) is 0 Å². The van der Waals surface area contributed by atoms with E-state index in [1.807, 2.05) is 0 Å². The lowest BCUT2D eigenvalue weighted by Crippen LogP contribution is -2.62. The molecule has 4 saturated carbocycles. The number of Topliss-reactive ketones (excluding diaryl/α,β-unsaturated/α-hetero) is 1. The second-order valence-corrected chi connectivity index (χ2v) is 7.30. The Kier molecular flexibility index (Phi) is 3.62. The minimum Gasteiger partial charge on any atom is -0.469 e. The lowest BCUT2D eigenvalue weighted by atomic mass is 9.46. The highest BCUT2D eigenvalue weighted by molar-refractivity contribution is 5.97. The van der Waals surface area contributed by atoms with Gasteiger partial charge in [-0.25, -0.2) is 9.69 Å². The van der Waals surface area contributed by atoms with Crippen molar-refractivity contribution < 1.29 is 28.7 Å². The molecule has 0 aromatic carbocycles. The highest BCUT2D eigenvalue weighted by Crippen LogP contribution is 2.59. The summed E-state index contributed by atoms with van der Waals surface area (Å²) in [7, 11) is 1.35. The smallest absolute Gasteiger partial charge is 0.416 e. The van der Waals surface area contributed by atoms with Crippen LogP contribution >= 0.6 is 0 Å². The molecule has 1 heterocycles. The van der Waals surface area contributed by atoms with Crippen LogP contribution in [-0.4, -0.2) is 48.9 Å². The van der Waals surface area contributed by atoms with Gasteiger partial charge in [0.2, 0.25) is 5.91 Å². The molecule has 7 nitrogen and oxygen atoms in total. The van der Waals surface area contributed by atoms with Crippen LogP contribution in [-0.2, 0) is 23.9 Å². The first kappa shape index (κ1) is 15.6. The summed E-state index contributed by atoms with van der Waals surface area (Å²) in [6.45, 7) is 0.455. The molecule has 0 aromatic heterocycles. The molecule has 4 aliphatic carbocycles. The number of carbonyl (C=O) groups is 4. The molecule has 130 valence electrons. The van der Waals surface area contributed by atoms with Gasteiger partial charge in [-0.05, 0) is 30.6 Å². The van der Waals surface area contributed by atoms with Crippen molar-refractivity contribution >= 4 is 23.8 Å². The van der Waals surface area contributed by atoms with Crippen LogP contribution in [0.2, 0.25) is 0 Å². The summed E-state index contributed by atoms with van der Waals surface area (Å²) in [6, 6.07) is 0. The fourth-order valence-corrected chi connectivity index (χ4v) is 5.66. The number of hydrogen-bond acceptors (Lipinski definition) is 6. The number of ketones is 1. The highest BCUT2D eigenvalue weighted by atomic mass is 16.6. The average Bonchev–Trinajstić information content (AvgIpc) is 3.00. The normalized spacial score (nSPS) is 40.5. The fourth-order valence-electron chi connectivity index (χ4n) is 5.66. The number of amides is 2. The van der Waals surface area contributed by atoms with Gasteiger partial charge in [0.1, 0.15) is 12.4 Å². The van der Waals surface area contributed by atoms with Gasteiger partial charge < -0.3 is 9.47 Å². The minimum atomic E-state index is -0.616. The maximum absolute atomic E-state index is 13.0. The number of rotatable bonds is 2. The number of ether oxygens (including phenoxy) is 2. The number of esters is 1. The molecule has 6 atom stereocenters. The molecule has 5 rings (SSSR count). The lowest BCUT2D eigenvalue weighted by Gasteiger charge is -2.57. The van der Waals surface area contributed by atoms with Gasteiger partial charge in [0.15, 0.2) is 0 Å². The highest BCUT2D eigenvalue weighted by Gasteiger charge is 2.63. The predicted molar refractivity (Wildman–Crippen MR) is 79.5 cm³/mol. The summed E-state index contributed by atoms with van der Waals surface area (Å²) in [4.78, 5) is 50.8. The summed E-state index contributed by atoms with van der Waals surface area (Å²) < 4.78 is 9.86. The van der Waals surface area contributed by atoms with Gasteiger partial charge in [-0.1, -0.05) is 6.42 Å². The number of carbonyl (C=O) groups excluding carboxylic acids is 4. The number of imide groups is 1. The van der Waals surface area contributed by atoms with E-state index in [-0.39, 0.29) is 60.9 Å². The monoisotopic (exact) mass is 335 g/mol. The number of methoxy groups -OCH3 is 1. The Morgan fingerprint density at radius 2 is 1.83 bits per heavy atom. The summed E-state index contributed by atoms with van der Waals surface area (Å²) in [6.07, 6.45) is 2.14. The third kappa shape index (κ3) is 2.03. The van der Waals surface area contributed by atoms with Gasteiger partial charge in [-0.3, -0.25) is 14.4 Å². The molecule has 5 aliphatic rings. The molecule has 7 heteroatoms. The number of cyclic esters (lactones) is 1. The first-order chi connectivity index (χ1) is 11.5. The molecule has 6 unspecified atom stereocenters. The third-order valence-corrected chi connectivity index (χ3v) is 6.44. The SMILES string of the molecule is COC(=O)C1C2CCCC3C2C(=O)CC1C3C(=O)N1CCOC1=O. The molecule has 2 amide bonds. The molecule has 4 bridgehead atoms. The molecule has 1 aliphatic heterocycles. The third-order valence-electron chi connectivity index (χ3n) is 6.44. The maximum Gasteiger partial charge on any atom is 0.416 e. The van der Waals surface area contributed by atoms with E-state index in [4.69, 9.17) is 9.47 Å². The van der Waals surface area contributed by atoms with E-state index in [1.54, 1.807) is 0 Å². The molecule has 0 radical (unpaired) electrons. The van der Waals surface area contributed by atoms with E-state index < -0.39 is 17.9 Å². The van der Waals surface area contributed by atoms with E-state index in [9.17, 15) is 19.2 Å². The van der Waals surface area contributed by atoms with Crippen LogP contribution in [0.25, 0.3) is 0 Å². The van der Waals surface area contributed by atoms with Gasteiger partial charge >= 0.3 is 12.1 Å². The van der Waals surface area contributed by atoms with Crippen LogP contribution in [0.4, 0.5) is 4.79 Å². The van der Waals surface area contributed by atoms with Crippen molar-refractivity contribution in [2.75, 3.05) is 20.3 Å². The van der Waals surface area contributed by atoms with Gasteiger partial charge in [0, 0.05) is 18.3 Å². The Hall–Kier alpha value is -1.92. The first-order valence-corrected chi connectivity index (χ1v) is 8.63. The topological polar surface area (TPSA) is 90.0 Å². The fraction of sp³-hybridized carbons (Fsp3) is 0.765. The Labute approximate surface area is 139 Å². The second kappa shape index (κ2) is 5.57. The number of fused-ring (bicyclic) bond motifs is 1. The Balaban J connectivity index is 1.71. The van der Waals surface area contributed by atoms with Crippen molar-refractivity contribution in [1.29, 1.82) is 0 Å². The number of hydrogen-bond donors (Lipinski definition) is 0.